The zero-order valence-electron chi connectivity index (χ0n) is 8.41. The maximum Gasteiger partial charge on any atom is 0.185 e. The molecule has 0 spiro atoms. The molecule has 2 aromatic carbocycles. The molecular formula is C12H10N2O2. The number of para-hydroxylation sites is 1. The molecule has 0 fully saturated rings. The molecule has 0 aliphatic heterocycles. The van der Waals surface area contributed by atoms with Crippen LogP contribution in [0.1, 0.15) is 0 Å². The van der Waals surface area contributed by atoms with Gasteiger partial charge < -0.3 is 10.2 Å². The van der Waals surface area contributed by atoms with E-state index in [1.807, 2.05) is 18.2 Å². The minimum Gasteiger partial charge on any atom is -0.504 e. The maximum atomic E-state index is 9.47. The molecule has 0 saturated carbocycles. The van der Waals surface area contributed by atoms with Gasteiger partial charge >= 0.3 is 0 Å². The minimum absolute atomic E-state index is 0.204. The summed E-state index contributed by atoms with van der Waals surface area (Å²) in [5, 5.41) is 26.5. The summed E-state index contributed by atoms with van der Waals surface area (Å²) in [7, 11) is 0. The first kappa shape index (κ1) is 10.2. The van der Waals surface area contributed by atoms with Crippen LogP contribution in [0.15, 0.2) is 58.8 Å². The maximum absolute atomic E-state index is 9.47. The third kappa shape index (κ3) is 2.17. The van der Waals surface area contributed by atoms with E-state index >= 15 is 0 Å². The Kier molecular flexibility index (Phi) is 2.82. The van der Waals surface area contributed by atoms with Crippen molar-refractivity contribution in [3.05, 3.63) is 48.5 Å². The molecule has 2 rings (SSSR count). The highest BCUT2D eigenvalue weighted by Gasteiger charge is 2.03. The molecule has 0 atom stereocenters. The van der Waals surface area contributed by atoms with Crippen molar-refractivity contribution in [2.24, 2.45) is 10.2 Å². The Hall–Kier alpha value is -2.36. The van der Waals surface area contributed by atoms with Crippen LogP contribution in [0, 0.1) is 0 Å². The summed E-state index contributed by atoms with van der Waals surface area (Å²) in [6, 6.07) is 13.7. The molecule has 0 radical (unpaired) electrons. The van der Waals surface area contributed by atoms with Gasteiger partial charge in [0.05, 0.1) is 5.69 Å². The van der Waals surface area contributed by atoms with Gasteiger partial charge in [-0.15, -0.1) is 5.11 Å². The Labute approximate surface area is 92.5 Å². The monoisotopic (exact) mass is 214 g/mol. The Morgan fingerprint density at radius 3 is 2.25 bits per heavy atom. The fourth-order valence-electron chi connectivity index (χ4n) is 1.21. The van der Waals surface area contributed by atoms with Crippen molar-refractivity contribution in [3.63, 3.8) is 0 Å². The zero-order chi connectivity index (χ0) is 11.4. The van der Waals surface area contributed by atoms with Crippen LogP contribution in [0.5, 0.6) is 11.5 Å². The Bertz CT molecular complexity index is 510. The predicted molar refractivity (Wildman–Crippen MR) is 60.4 cm³/mol. The lowest BCUT2D eigenvalue weighted by atomic mass is 10.3. The highest BCUT2D eigenvalue weighted by molar-refractivity contribution is 5.57. The molecule has 4 nitrogen and oxygen atoms in total. The first-order valence-electron chi connectivity index (χ1n) is 4.75. The number of phenols is 2. The average molecular weight is 214 g/mol. The molecule has 0 unspecified atom stereocenters. The van der Waals surface area contributed by atoms with E-state index in [-0.39, 0.29) is 17.2 Å². The number of hydrogen-bond acceptors (Lipinski definition) is 4. The summed E-state index contributed by atoms with van der Waals surface area (Å²) in [6.07, 6.45) is 0. The Balaban J connectivity index is 2.28. The molecule has 0 amide bonds. The van der Waals surface area contributed by atoms with Crippen molar-refractivity contribution in [3.8, 4) is 11.5 Å². The smallest absolute Gasteiger partial charge is 0.185 e. The molecule has 0 bridgehead atoms. The van der Waals surface area contributed by atoms with E-state index in [0.717, 1.165) is 0 Å². The van der Waals surface area contributed by atoms with Crippen molar-refractivity contribution in [1.82, 2.24) is 0 Å². The topological polar surface area (TPSA) is 65.2 Å². The Morgan fingerprint density at radius 1 is 0.750 bits per heavy atom. The third-order valence-corrected chi connectivity index (χ3v) is 2.02. The number of hydrogen-bond donors (Lipinski definition) is 2. The molecule has 80 valence electrons. The van der Waals surface area contributed by atoms with E-state index in [2.05, 4.69) is 10.2 Å². The second kappa shape index (κ2) is 4.44. The summed E-state index contributed by atoms with van der Waals surface area (Å²) in [5.41, 5.74) is 0.925. The lowest BCUT2D eigenvalue weighted by molar-refractivity contribution is 0.404. The van der Waals surface area contributed by atoms with Gasteiger partial charge in [-0.2, -0.15) is 5.11 Å². The van der Waals surface area contributed by atoms with Gasteiger partial charge in [0.2, 0.25) is 0 Å². The van der Waals surface area contributed by atoms with Crippen LogP contribution in [0.3, 0.4) is 0 Å². The number of benzene rings is 2. The third-order valence-electron chi connectivity index (χ3n) is 2.02. The van der Waals surface area contributed by atoms with Crippen LogP contribution in [-0.2, 0) is 0 Å². The lowest BCUT2D eigenvalue weighted by Crippen LogP contribution is -1.69. The summed E-state index contributed by atoms with van der Waals surface area (Å²) in [6.45, 7) is 0. The van der Waals surface area contributed by atoms with E-state index in [1.54, 1.807) is 24.3 Å². The summed E-state index contributed by atoms with van der Waals surface area (Å²) in [4.78, 5) is 0. The second-order valence-electron chi connectivity index (χ2n) is 3.18. The van der Waals surface area contributed by atoms with E-state index in [9.17, 15) is 10.2 Å². The molecule has 0 aliphatic rings. The molecule has 2 aromatic rings. The first-order chi connectivity index (χ1) is 7.77. The average Bonchev–Trinajstić information content (AvgIpc) is 2.32. The van der Waals surface area contributed by atoms with E-state index in [4.69, 9.17) is 0 Å². The predicted octanol–water partition coefficient (Wildman–Crippen LogP) is 3.51. The molecule has 0 saturated heterocycles. The number of aromatic hydroxyl groups is 2. The Morgan fingerprint density at radius 2 is 1.50 bits per heavy atom. The van der Waals surface area contributed by atoms with Gasteiger partial charge in [-0.25, -0.2) is 0 Å². The van der Waals surface area contributed by atoms with Crippen LogP contribution in [0.25, 0.3) is 0 Å². The van der Waals surface area contributed by atoms with Crippen molar-refractivity contribution < 1.29 is 10.2 Å². The van der Waals surface area contributed by atoms with Gasteiger partial charge in [0.25, 0.3) is 0 Å². The first-order valence-corrected chi connectivity index (χ1v) is 4.75. The van der Waals surface area contributed by atoms with Gasteiger partial charge in [0.15, 0.2) is 11.5 Å². The van der Waals surface area contributed by atoms with Crippen molar-refractivity contribution in [2.75, 3.05) is 0 Å². The van der Waals surface area contributed by atoms with E-state index < -0.39 is 0 Å². The quantitative estimate of drug-likeness (QED) is 0.593. The van der Waals surface area contributed by atoms with Crippen LogP contribution in [0.4, 0.5) is 11.4 Å². The molecular weight excluding hydrogens is 204 g/mol. The largest absolute Gasteiger partial charge is 0.504 e. The van der Waals surface area contributed by atoms with Crippen molar-refractivity contribution in [1.29, 1.82) is 0 Å². The molecule has 2 N–H and O–H groups in total. The lowest BCUT2D eigenvalue weighted by Gasteiger charge is -1.99. The molecule has 0 aromatic heterocycles. The summed E-state index contributed by atoms with van der Waals surface area (Å²) in [5.74, 6) is -0.466. The second-order valence-corrected chi connectivity index (χ2v) is 3.18. The normalized spacial score (nSPS) is 10.8. The minimum atomic E-state index is -0.262. The number of rotatable bonds is 2. The fraction of sp³-hybridized carbons (Fsp3) is 0. The molecule has 16 heavy (non-hydrogen) atoms. The van der Waals surface area contributed by atoms with Crippen molar-refractivity contribution in [2.45, 2.75) is 0 Å². The number of nitrogens with zero attached hydrogens (tertiary/aromatic N) is 2. The number of azo groups is 1. The van der Waals surface area contributed by atoms with Gasteiger partial charge in [0, 0.05) is 0 Å². The molecule has 0 heterocycles. The standard InChI is InChI=1S/C12H10N2O2/c15-11-8-4-7-10(12(11)16)14-13-9-5-2-1-3-6-9/h1-8,15-16H. The van der Waals surface area contributed by atoms with Gasteiger partial charge in [-0.05, 0) is 24.3 Å². The van der Waals surface area contributed by atoms with Crippen molar-refractivity contribution >= 4 is 11.4 Å². The summed E-state index contributed by atoms with van der Waals surface area (Å²) < 4.78 is 0. The molecule has 0 aliphatic carbocycles. The number of phenolic OH excluding ortho intramolecular Hbond substituents is 2. The fourth-order valence-corrected chi connectivity index (χ4v) is 1.21. The zero-order valence-corrected chi connectivity index (χ0v) is 8.41. The van der Waals surface area contributed by atoms with Crippen LogP contribution < -0.4 is 0 Å². The van der Waals surface area contributed by atoms with Crippen LogP contribution in [-0.4, -0.2) is 10.2 Å². The SMILES string of the molecule is Oc1cccc(N=Nc2ccccc2)c1O. The van der Waals surface area contributed by atoms with E-state index in [1.165, 1.54) is 6.07 Å². The highest BCUT2D eigenvalue weighted by Crippen LogP contribution is 2.35. The van der Waals surface area contributed by atoms with E-state index in [0.29, 0.717) is 5.69 Å². The van der Waals surface area contributed by atoms with Gasteiger partial charge in [0.1, 0.15) is 5.69 Å². The van der Waals surface area contributed by atoms with Gasteiger partial charge in [-0.3, -0.25) is 0 Å². The summed E-state index contributed by atoms with van der Waals surface area (Å²) >= 11 is 0. The molecule has 4 heteroatoms. The van der Waals surface area contributed by atoms with Crippen LogP contribution in [0.2, 0.25) is 0 Å². The highest BCUT2D eigenvalue weighted by atomic mass is 16.3. The van der Waals surface area contributed by atoms with Gasteiger partial charge in [-0.1, -0.05) is 24.3 Å². The van der Waals surface area contributed by atoms with Crippen LogP contribution >= 0.6 is 0 Å².